The van der Waals surface area contributed by atoms with Crippen LogP contribution in [0.15, 0.2) is 42.5 Å². The first-order chi connectivity index (χ1) is 30.5. The number of benzene rings is 2. The van der Waals surface area contributed by atoms with Gasteiger partial charge < -0.3 is 45.9 Å². The van der Waals surface area contributed by atoms with Crippen molar-refractivity contribution in [1.82, 2.24) is 31.5 Å². The van der Waals surface area contributed by atoms with Crippen LogP contribution in [0.3, 0.4) is 0 Å². The van der Waals surface area contributed by atoms with Crippen molar-refractivity contribution in [2.24, 2.45) is 11.8 Å². The van der Waals surface area contributed by atoms with E-state index in [4.69, 9.17) is 9.47 Å². The molecule has 2 saturated heterocycles. The van der Waals surface area contributed by atoms with E-state index in [0.717, 1.165) is 43.0 Å². The van der Waals surface area contributed by atoms with Crippen LogP contribution in [0, 0.1) is 11.8 Å². The highest BCUT2D eigenvalue weighted by Gasteiger charge is 2.40. The zero-order valence-electron chi connectivity index (χ0n) is 39.9. The first kappa shape index (κ1) is 50.6. The maximum absolute atomic E-state index is 14.3. The molecular formula is C49H71N7O9. The van der Waals surface area contributed by atoms with Crippen LogP contribution in [0.25, 0.3) is 11.1 Å². The summed E-state index contributed by atoms with van der Waals surface area (Å²) in [4.78, 5) is 102. The highest BCUT2D eigenvalue weighted by molar-refractivity contribution is 6.01. The van der Waals surface area contributed by atoms with E-state index >= 15 is 0 Å². The average molecular weight is 902 g/mol. The number of amides is 5. The molecule has 6 atom stereocenters. The molecule has 2 fully saturated rings. The first-order valence-electron chi connectivity index (χ1n) is 23.1. The lowest BCUT2D eigenvalue weighted by molar-refractivity contribution is -0.157. The van der Waals surface area contributed by atoms with Crippen LogP contribution in [-0.2, 0) is 44.8 Å². The normalized spacial score (nSPS) is 24.0. The molecule has 2 aromatic rings. The van der Waals surface area contributed by atoms with E-state index in [2.05, 4.69) is 43.6 Å². The number of fused-ring (bicyclic) bond motifs is 3. The number of carbonyl (C=O) groups is 7. The van der Waals surface area contributed by atoms with Gasteiger partial charge in [-0.2, -0.15) is 0 Å². The smallest absolute Gasteiger partial charge is 0.308 e. The minimum atomic E-state index is -1.52. The van der Waals surface area contributed by atoms with Crippen LogP contribution in [-0.4, -0.2) is 120 Å². The molecule has 3 aliphatic rings. The van der Waals surface area contributed by atoms with Crippen LogP contribution in [0.1, 0.15) is 117 Å². The minimum absolute atomic E-state index is 0.0354. The van der Waals surface area contributed by atoms with Crippen LogP contribution in [0.2, 0.25) is 0 Å². The van der Waals surface area contributed by atoms with Crippen LogP contribution >= 0.6 is 0 Å². The van der Waals surface area contributed by atoms with Gasteiger partial charge in [0.2, 0.25) is 29.5 Å². The molecule has 5 N–H and O–H groups in total. The second-order valence-electron chi connectivity index (χ2n) is 20.0. The number of Topliss-reactive ketones (excluding diaryl/α,β-unsaturated/α-hetero) is 1. The number of ketones is 1. The predicted octanol–water partition coefficient (Wildman–Crippen LogP) is 4.03. The van der Waals surface area contributed by atoms with Gasteiger partial charge in [-0.1, -0.05) is 38.1 Å². The Balaban J connectivity index is 1.56. The number of nitrogens with one attached hydrogen (secondary N) is 5. The SMILES string of the molecule is CC(C)C[C@@H]1CC(=O)c2ccc(-c3ccc(N4CCNCC4)cc3)c(c2)CNC(=O)[C@@H]2CCCN2C(=O)[C@H](C)NC(=O)[C@H]([C@@H](C)OC(C)(C)C)NC(=O)[C@H](CC(=O)OC(C)(C)C)NC1=O. The Morgan fingerprint density at radius 3 is 2.08 bits per heavy atom. The van der Waals surface area contributed by atoms with E-state index in [1.807, 2.05) is 32.0 Å². The molecule has 5 amide bonds. The van der Waals surface area contributed by atoms with Gasteiger partial charge in [0, 0.05) is 62.9 Å². The van der Waals surface area contributed by atoms with E-state index in [1.165, 1.54) is 11.8 Å². The molecule has 356 valence electrons. The number of nitrogens with zero attached hydrogens (tertiary/aromatic N) is 2. The van der Waals surface area contributed by atoms with Crippen molar-refractivity contribution in [3.63, 3.8) is 0 Å². The first-order valence-corrected chi connectivity index (χ1v) is 23.1. The topological polar surface area (TPSA) is 205 Å². The summed E-state index contributed by atoms with van der Waals surface area (Å²) in [6.07, 6.45) is -0.492. The Bertz CT molecular complexity index is 2050. The second-order valence-corrected chi connectivity index (χ2v) is 20.0. The Kier molecular flexibility index (Phi) is 17.0. The van der Waals surface area contributed by atoms with Crippen molar-refractivity contribution in [3.05, 3.63) is 53.6 Å². The van der Waals surface area contributed by atoms with E-state index in [1.54, 1.807) is 60.6 Å². The van der Waals surface area contributed by atoms with Crippen LogP contribution in [0.5, 0.6) is 0 Å². The third kappa shape index (κ3) is 14.3. The highest BCUT2D eigenvalue weighted by atomic mass is 16.6. The summed E-state index contributed by atoms with van der Waals surface area (Å²) < 4.78 is 11.7. The van der Waals surface area contributed by atoms with Gasteiger partial charge in [-0.25, -0.2) is 0 Å². The van der Waals surface area contributed by atoms with Crippen molar-refractivity contribution in [3.8, 4) is 11.1 Å². The third-order valence-corrected chi connectivity index (χ3v) is 11.7. The monoisotopic (exact) mass is 902 g/mol. The number of esters is 1. The summed E-state index contributed by atoms with van der Waals surface area (Å²) in [6, 6.07) is 8.63. The van der Waals surface area contributed by atoms with Crippen molar-refractivity contribution in [1.29, 1.82) is 0 Å². The summed E-state index contributed by atoms with van der Waals surface area (Å²) in [6.45, 7) is 21.2. The summed E-state index contributed by atoms with van der Waals surface area (Å²) >= 11 is 0. The molecule has 3 aliphatic heterocycles. The number of hydrogen-bond donors (Lipinski definition) is 5. The Morgan fingerprint density at radius 1 is 0.785 bits per heavy atom. The van der Waals surface area contributed by atoms with Crippen LogP contribution < -0.4 is 31.5 Å². The number of ether oxygens (including phenoxy) is 2. The quantitative estimate of drug-likeness (QED) is 0.240. The summed E-state index contributed by atoms with van der Waals surface area (Å²) in [7, 11) is 0. The summed E-state index contributed by atoms with van der Waals surface area (Å²) in [5.41, 5.74) is 2.09. The van der Waals surface area contributed by atoms with E-state index in [9.17, 15) is 33.6 Å². The maximum atomic E-state index is 14.3. The maximum Gasteiger partial charge on any atom is 0.308 e. The number of anilines is 1. The van der Waals surface area contributed by atoms with Gasteiger partial charge in [0.1, 0.15) is 29.8 Å². The lowest BCUT2D eigenvalue weighted by Crippen LogP contribution is -2.61. The van der Waals surface area contributed by atoms with Crippen LogP contribution in [0.4, 0.5) is 5.69 Å². The Labute approximate surface area is 384 Å². The van der Waals surface area contributed by atoms with Crippen molar-refractivity contribution < 1.29 is 43.0 Å². The highest BCUT2D eigenvalue weighted by Crippen LogP contribution is 2.30. The molecule has 0 saturated carbocycles. The lowest BCUT2D eigenvalue weighted by atomic mass is 9.88. The molecule has 0 aliphatic carbocycles. The molecule has 0 unspecified atom stereocenters. The fourth-order valence-electron chi connectivity index (χ4n) is 8.70. The number of hydrogen-bond acceptors (Lipinski definition) is 11. The molecule has 2 aromatic carbocycles. The molecular weight excluding hydrogens is 831 g/mol. The molecule has 2 bridgehead atoms. The summed E-state index contributed by atoms with van der Waals surface area (Å²) in [5, 5.41) is 14.6. The molecule has 0 spiro atoms. The molecule has 5 rings (SSSR count). The van der Waals surface area contributed by atoms with Gasteiger partial charge in [0.05, 0.1) is 18.1 Å². The lowest BCUT2D eigenvalue weighted by Gasteiger charge is -2.33. The van der Waals surface area contributed by atoms with Gasteiger partial charge in [0.25, 0.3) is 0 Å². The van der Waals surface area contributed by atoms with E-state index < -0.39 is 83.4 Å². The molecule has 16 nitrogen and oxygen atoms in total. The van der Waals surface area contributed by atoms with Gasteiger partial charge in [-0.05, 0) is 115 Å². The fourth-order valence-corrected chi connectivity index (χ4v) is 8.70. The molecule has 0 aromatic heterocycles. The second kappa shape index (κ2) is 21.8. The number of rotatable bonds is 8. The van der Waals surface area contributed by atoms with Gasteiger partial charge >= 0.3 is 5.97 Å². The molecule has 0 radical (unpaired) electrons. The largest absolute Gasteiger partial charge is 0.460 e. The Morgan fingerprint density at radius 2 is 1.45 bits per heavy atom. The predicted molar refractivity (Wildman–Crippen MR) is 248 cm³/mol. The fraction of sp³-hybridized carbons (Fsp3) is 0.612. The standard InChI is InChI=1S/C49H71N7O9/c1-29(2)24-34-26-40(57)33-15-18-37(32-13-16-36(17-14-32)55-22-19-50-20-23-55)35(25-33)28-51-45(61)39-12-11-21-56(39)47(63)30(3)52-46(62)42(31(4)64-48(5,6)7)54-44(60)38(53-43(34)59)27-41(58)65-49(8,9)10/h13-18,25,29-31,34,38-39,42,50H,11-12,19-24,26-28H2,1-10H3,(H,51,61)(H,52,62)(H,53,59)(H,54,60)/t30-,31+,34+,38-,39-,42-/m0/s1. The van der Waals surface area contributed by atoms with Crippen molar-refractivity contribution in [2.75, 3.05) is 37.6 Å². The molecule has 65 heavy (non-hydrogen) atoms. The van der Waals surface area contributed by atoms with E-state index in [-0.39, 0.29) is 37.0 Å². The van der Waals surface area contributed by atoms with Gasteiger partial charge in [0.15, 0.2) is 5.78 Å². The van der Waals surface area contributed by atoms with Crippen molar-refractivity contribution in [2.45, 2.75) is 149 Å². The van der Waals surface area contributed by atoms with E-state index in [0.29, 0.717) is 30.5 Å². The number of piperazine rings is 1. The minimum Gasteiger partial charge on any atom is -0.460 e. The number of carbonyl (C=O) groups excluding carboxylic acids is 7. The van der Waals surface area contributed by atoms with Crippen molar-refractivity contribution >= 4 is 47.0 Å². The summed E-state index contributed by atoms with van der Waals surface area (Å²) in [5.74, 6) is -5.15. The molecule has 16 heteroatoms. The zero-order chi connectivity index (χ0) is 47.8. The zero-order valence-corrected chi connectivity index (χ0v) is 39.9. The van der Waals surface area contributed by atoms with Gasteiger partial charge in [-0.3, -0.25) is 33.6 Å². The third-order valence-electron chi connectivity index (χ3n) is 11.7. The van der Waals surface area contributed by atoms with Gasteiger partial charge in [-0.15, -0.1) is 0 Å². The molecule has 3 heterocycles. The Hall–Kier alpha value is -5.35. The average Bonchev–Trinajstić information content (AvgIpc) is 3.72.